The molecule has 1 aromatic rings. The number of nitrogens with zero attached hydrogens (tertiary/aromatic N) is 1. The molecule has 1 aromatic carbocycles. The molecular formula is C15H24N2. The van der Waals surface area contributed by atoms with Gasteiger partial charge in [-0.15, -0.1) is 0 Å². The highest BCUT2D eigenvalue weighted by Crippen LogP contribution is 2.23. The molecule has 1 fully saturated rings. The Morgan fingerprint density at radius 1 is 1.35 bits per heavy atom. The van der Waals surface area contributed by atoms with Gasteiger partial charge in [-0.2, -0.15) is 0 Å². The number of hydrogen-bond acceptors (Lipinski definition) is 2. The first-order valence-corrected chi connectivity index (χ1v) is 6.80. The SMILES string of the molecule is CCC1CCN(CC(CN)c2ccccc2)C1. The van der Waals surface area contributed by atoms with E-state index in [1.807, 2.05) is 0 Å². The lowest BCUT2D eigenvalue weighted by Gasteiger charge is -2.23. The molecular weight excluding hydrogens is 208 g/mol. The van der Waals surface area contributed by atoms with Gasteiger partial charge in [-0.1, -0.05) is 43.7 Å². The number of nitrogens with two attached hydrogens (primary N) is 1. The molecule has 0 amide bonds. The molecule has 0 aliphatic carbocycles. The third kappa shape index (κ3) is 3.30. The van der Waals surface area contributed by atoms with E-state index in [1.54, 1.807) is 0 Å². The predicted octanol–water partition coefficient (Wildman–Crippen LogP) is 2.46. The molecule has 1 heterocycles. The zero-order chi connectivity index (χ0) is 12.1. The molecule has 2 rings (SSSR count). The van der Waals surface area contributed by atoms with E-state index in [0.717, 1.165) is 19.0 Å². The van der Waals surface area contributed by atoms with Crippen molar-refractivity contribution in [3.05, 3.63) is 35.9 Å². The average molecular weight is 232 g/mol. The van der Waals surface area contributed by atoms with E-state index in [2.05, 4.69) is 42.2 Å². The third-order valence-electron chi connectivity index (χ3n) is 3.98. The van der Waals surface area contributed by atoms with Gasteiger partial charge in [0.25, 0.3) is 0 Å². The topological polar surface area (TPSA) is 29.3 Å². The molecule has 1 aliphatic rings. The van der Waals surface area contributed by atoms with Gasteiger partial charge in [0.2, 0.25) is 0 Å². The van der Waals surface area contributed by atoms with E-state index in [0.29, 0.717) is 5.92 Å². The van der Waals surface area contributed by atoms with Crippen molar-refractivity contribution in [3.63, 3.8) is 0 Å². The van der Waals surface area contributed by atoms with E-state index in [9.17, 15) is 0 Å². The Morgan fingerprint density at radius 2 is 2.12 bits per heavy atom. The lowest BCUT2D eigenvalue weighted by atomic mass is 9.99. The van der Waals surface area contributed by atoms with Crippen molar-refractivity contribution in [2.75, 3.05) is 26.2 Å². The Hall–Kier alpha value is -0.860. The van der Waals surface area contributed by atoms with Crippen LogP contribution in [0.2, 0.25) is 0 Å². The number of hydrogen-bond donors (Lipinski definition) is 1. The summed E-state index contributed by atoms with van der Waals surface area (Å²) in [5.41, 5.74) is 7.31. The summed E-state index contributed by atoms with van der Waals surface area (Å²) < 4.78 is 0. The van der Waals surface area contributed by atoms with E-state index in [4.69, 9.17) is 5.73 Å². The van der Waals surface area contributed by atoms with Crippen LogP contribution in [0.25, 0.3) is 0 Å². The van der Waals surface area contributed by atoms with Gasteiger partial charge in [0, 0.05) is 25.6 Å². The molecule has 2 N–H and O–H groups in total. The highest BCUT2D eigenvalue weighted by atomic mass is 15.1. The summed E-state index contributed by atoms with van der Waals surface area (Å²) >= 11 is 0. The van der Waals surface area contributed by atoms with Crippen LogP contribution in [-0.4, -0.2) is 31.1 Å². The zero-order valence-electron chi connectivity index (χ0n) is 10.8. The molecule has 0 bridgehead atoms. The fraction of sp³-hybridized carbons (Fsp3) is 0.600. The largest absolute Gasteiger partial charge is 0.330 e. The molecule has 0 aromatic heterocycles. The molecule has 17 heavy (non-hydrogen) atoms. The molecule has 94 valence electrons. The third-order valence-corrected chi connectivity index (χ3v) is 3.98. The van der Waals surface area contributed by atoms with Gasteiger partial charge < -0.3 is 10.6 Å². The average Bonchev–Trinajstić information content (AvgIpc) is 2.84. The summed E-state index contributed by atoms with van der Waals surface area (Å²) in [6.45, 7) is 6.68. The summed E-state index contributed by atoms with van der Waals surface area (Å²) in [5, 5.41) is 0. The van der Waals surface area contributed by atoms with E-state index < -0.39 is 0 Å². The van der Waals surface area contributed by atoms with E-state index in [1.165, 1.54) is 31.5 Å². The maximum atomic E-state index is 5.92. The van der Waals surface area contributed by atoms with Crippen LogP contribution in [0.5, 0.6) is 0 Å². The fourth-order valence-electron chi connectivity index (χ4n) is 2.76. The van der Waals surface area contributed by atoms with Crippen LogP contribution in [0, 0.1) is 5.92 Å². The summed E-state index contributed by atoms with van der Waals surface area (Å²) in [4.78, 5) is 2.58. The molecule has 0 saturated carbocycles. The maximum absolute atomic E-state index is 5.92. The van der Waals surface area contributed by atoms with Gasteiger partial charge in [-0.05, 0) is 24.4 Å². The van der Waals surface area contributed by atoms with Gasteiger partial charge in [-0.25, -0.2) is 0 Å². The molecule has 2 unspecified atom stereocenters. The second-order valence-electron chi connectivity index (χ2n) is 5.17. The van der Waals surface area contributed by atoms with Crippen LogP contribution in [0.4, 0.5) is 0 Å². The quantitative estimate of drug-likeness (QED) is 0.845. The predicted molar refractivity (Wildman–Crippen MR) is 73.1 cm³/mol. The summed E-state index contributed by atoms with van der Waals surface area (Å²) in [6.07, 6.45) is 2.68. The summed E-state index contributed by atoms with van der Waals surface area (Å²) in [6, 6.07) is 10.7. The van der Waals surface area contributed by atoms with Crippen LogP contribution in [0.15, 0.2) is 30.3 Å². The monoisotopic (exact) mass is 232 g/mol. The van der Waals surface area contributed by atoms with E-state index >= 15 is 0 Å². The summed E-state index contributed by atoms with van der Waals surface area (Å²) in [7, 11) is 0. The van der Waals surface area contributed by atoms with Crippen LogP contribution in [-0.2, 0) is 0 Å². The molecule has 0 radical (unpaired) electrons. The van der Waals surface area contributed by atoms with Crippen molar-refractivity contribution < 1.29 is 0 Å². The molecule has 1 saturated heterocycles. The van der Waals surface area contributed by atoms with Crippen LogP contribution < -0.4 is 5.73 Å². The highest BCUT2D eigenvalue weighted by Gasteiger charge is 2.23. The van der Waals surface area contributed by atoms with Crippen molar-refractivity contribution >= 4 is 0 Å². The van der Waals surface area contributed by atoms with Crippen LogP contribution in [0.3, 0.4) is 0 Å². The minimum atomic E-state index is 0.492. The van der Waals surface area contributed by atoms with Gasteiger partial charge in [0.1, 0.15) is 0 Å². The molecule has 1 aliphatic heterocycles. The highest BCUT2D eigenvalue weighted by molar-refractivity contribution is 5.20. The second kappa shape index (κ2) is 6.18. The van der Waals surface area contributed by atoms with Crippen LogP contribution in [0.1, 0.15) is 31.2 Å². The van der Waals surface area contributed by atoms with Gasteiger partial charge >= 0.3 is 0 Å². The zero-order valence-corrected chi connectivity index (χ0v) is 10.8. The van der Waals surface area contributed by atoms with Gasteiger partial charge in [0.05, 0.1) is 0 Å². The molecule has 0 spiro atoms. The lowest BCUT2D eigenvalue weighted by Crippen LogP contribution is -2.30. The second-order valence-corrected chi connectivity index (χ2v) is 5.17. The van der Waals surface area contributed by atoms with E-state index in [-0.39, 0.29) is 0 Å². The Labute approximate surface area is 105 Å². The Balaban J connectivity index is 1.92. The number of benzene rings is 1. The first-order valence-electron chi connectivity index (χ1n) is 6.80. The molecule has 2 heteroatoms. The number of rotatable bonds is 5. The molecule has 2 nitrogen and oxygen atoms in total. The minimum absolute atomic E-state index is 0.492. The van der Waals surface area contributed by atoms with Crippen molar-refractivity contribution in [3.8, 4) is 0 Å². The smallest absolute Gasteiger partial charge is 0.00888 e. The first kappa shape index (κ1) is 12.6. The standard InChI is InChI=1S/C15H24N2/c1-2-13-8-9-17(11-13)12-15(10-16)14-6-4-3-5-7-14/h3-7,13,15H,2,8-12,16H2,1H3. The number of likely N-dealkylation sites (tertiary alicyclic amines) is 1. The van der Waals surface area contributed by atoms with Crippen LogP contribution >= 0.6 is 0 Å². The molecule has 2 atom stereocenters. The van der Waals surface area contributed by atoms with Crippen molar-refractivity contribution in [2.45, 2.75) is 25.7 Å². The normalized spacial score (nSPS) is 22.8. The van der Waals surface area contributed by atoms with Crippen molar-refractivity contribution in [1.29, 1.82) is 0 Å². The minimum Gasteiger partial charge on any atom is -0.330 e. The van der Waals surface area contributed by atoms with Crippen molar-refractivity contribution in [2.24, 2.45) is 11.7 Å². The Kier molecular flexibility index (Phi) is 4.57. The van der Waals surface area contributed by atoms with Gasteiger partial charge in [0.15, 0.2) is 0 Å². The summed E-state index contributed by atoms with van der Waals surface area (Å²) in [5.74, 6) is 1.40. The Morgan fingerprint density at radius 3 is 2.71 bits per heavy atom. The maximum Gasteiger partial charge on any atom is 0.00888 e. The fourth-order valence-corrected chi connectivity index (χ4v) is 2.76. The first-order chi connectivity index (χ1) is 8.33. The Bertz CT molecular complexity index is 323. The van der Waals surface area contributed by atoms with Gasteiger partial charge in [-0.3, -0.25) is 0 Å². The lowest BCUT2D eigenvalue weighted by molar-refractivity contribution is 0.302. The van der Waals surface area contributed by atoms with Crippen molar-refractivity contribution in [1.82, 2.24) is 4.90 Å².